The molecule has 138 valence electrons. The number of para-hydroxylation sites is 1. The van der Waals surface area contributed by atoms with Gasteiger partial charge in [0.1, 0.15) is 5.75 Å². The minimum Gasteiger partial charge on any atom is -0.496 e. The lowest BCUT2D eigenvalue weighted by atomic mass is 9.98. The Kier molecular flexibility index (Phi) is 5.89. The molecule has 1 aliphatic heterocycles. The second kappa shape index (κ2) is 8.32. The van der Waals surface area contributed by atoms with Crippen LogP contribution in [0.5, 0.6) is 5.75 Å². The summed E-state index contributed by atoms with van der Waals surface area (Å²) in [5, 5.41) is 0. The molecule has 0 N–H and O–H groups in total. The van der Waals surface area contributed by atoms with E-state index in [1.807, 2.05) is 41.3 Å². The first-order valence-corrected chi connectivity index (χ1v) is 9.08. The van der Waals surface area contributed by atoms with E-state index in [2.05, 4.69) is 24.0 Å². The molecular formula is C21H27N3O2. The highest BCUT2D eigenvalue weighted by molar-refractivity contribution is 5.95. The normalized spacial score (nSPS) is 17.2. The van der Waals surface area contributed by atoms with Gasteiger partial charge in [0.2, 0.25) is 0 Å². The van der Waals surface area contributed by atoms with Crippen molar-refractivity contribution in [3.05, 3.63) is 59.4 Å². The Morgan fingerprint density at radius 2 is 2.04 bits per heavy atom. The van der Waals surface area contributed by atoms with Crippen molar-refractivity contribution in [2.24, 2.45) is 5.92 Å². The summed E-state index contributed by atoms with van der Waals surface area (Å²) in [6.07, 6.45) is 3.67. The van der Waals surface area contributed by atoms with Crippen LogP contribution in [0.3, 0.4) is 0 Å². The Morgan fingerprint density at radius 1 is 1.23 bits per heavy atom. The molecule has 3 rings (SSSR count). The summed E-state index contributed by atoms with van der Waals surface area (Å²) in [7, 11) is 5.84. The van der Waals surface area contributed by atoms with Gasteiger partial charge < -0.3 is 14.5 Å². The van der Waals surface area contributed by atoms with Crippen molar-refractivity contribution >= 4 is 5.91 Å². The molecule has 1 unspecified atom stereocenters. The number of methoxy groups -OCH3 is 1. The summed E-state index contributed by atoms with van der Waals surface area (Å²) in [6, 6.07) is 11.6. The van der Waals surface area contributed by atoms with E-state index in [1.54, 1.807) is 13.3 Å². The van der Waals surface area contributed by atoms with Crippen molar-refractivity contribution in [3.63, 3.8) is 0 Å². The Balaban J connectivity index is 1.88. The molecule has 1 aromatic heterocycles. The van der Waals surface area contributed by atoms with Crippen LogP contribution < -0.4 is 4.74 Å². The van der Waals surface area contributed by atoms with Gasteiger partial charge in [-0.1, -0.05) is 18.2 Å². The molecule has 0 fully saturated rings. The summed E-state index contributed by atoms with van der Waals surface area (Å²) in [4.78, 5) is 21.8. The molecule has 5 heteroatoms. The Bertz CT molecular complexity index is 760. The molecule has 0 saturated carbocycles. The van der Waals surface area contributed by atoms with E-state index >= 15 is 0 Å². The summed E-state index contributed by atoms with van der Waals surface area (Å²) in [6.45, 7) is 2.29. The quantitative estimate of drug-likeness (QED) is 0.801. The molecule has 0 spiro atoms. The number of hydrogen-bond donors (Lipinski definition) is 0. The predicted molar refractivity (Wildman–Crippen MR) is 102 cm³/mol. The molecule has 0 radical (unpaired) electrons. The van der Waals surface area contributed by atoms with Gasteiger partial charge in [0.15, 0.2) is 0 Å². The van der Waals surface area contributed by atoms with Crippen molar-refractivity contribution in [2.75, 3.05) is 34.3 Å². The van der Waals surface area contributed by atoms with Gasteiger partial charge in [0, 0.05) is 24.8 Å². The third-order valence-electron chi connectivity index (χ3n) is 4.91. The minimum absolute atomic E-state index is 0.0614. The maximum atomic E-state index is 13.2. The fourth-order valence-electron chi connectivity index (χ4n) is 3.51. The molecule has 1 aromatic carbocycles. The number of rotatable bonds is 6. The van der Waals surface area contributed by atoms with E-state index in [4.69, 9.17) is 4.74 Å². The number of pyridine rings is 1. The maximum absolute atomic E-state index is 13.2. The van der Waals surface area contributed by atoms with Crippen LogP contribution in [0.2, 0.25) is 0 Å². The molecule has 1 aliphatic rings. The summed E-state index contributed by atoms with van der Waals surface area (Å²) in [5.74, 6) is 1.28. The van der Waals surface area contributed by atoms with Crippen molar-refractivity contribution < 1.29 is 9.53 Å². The highest BCUT2D eigenvalue weighted by Crippen LogP contribution is 2.26. The predicted octanol–water partition coefficient (Wildman–Crippen LogP) is 2.86. The third-order valence-corrected chi connectivity index (χ3v) is 4.91. The first-order valence-electron chi connectivity index (χ1n) is 9.08. The van der Waals surface area contributed by atoms with E-state index in [9.17, 15) is 4.79 Å². The zero-order valence-electron chi connectivity index (χ0n) is 15.8. The summed E-state index contributed by atoms with van der Waals surface area (Å²) >= 11 is 0. The van der Waals surface area contributed by atoms with Gasteiger partial charge >= 0.3 is 0 Å². The standard InChI is InChI=1S/C21H27N3O2/c1-23(2)12-10-16-13-19-18(8-6-11-22-19)21(25)24(14-16)15-17-7-4-5-9-20(17)26-3/h4-9,11,16H,10,12-15H2,1-3H3. The Hall–Kier alpha value is -2.40. The summed E-state index contributed by atoms with van der Waals surface area (Å²) in [5.41, 5.74) is 2.68. The van der Waals surface area contributed by atoms with E-state index in [-0.39, 0.29) is 5.91 Å². The molecule has 2 aromatic rings. The van der Waals surface area contributed by atoms with Gasteiger partial charge in [-0.15, -0.1) is 0 Å². The third kappa shape index (κ3) is 4.22. The molecule has 0 saturated heterocycles. The molecule has 2 heterocycles. The van der Waals surface area contributed by atoms with Gasteiger partial charge in [-0.05, 0) is 57.6 Å². The lowest BCUT2D eigenvalue weighted by Crippen LogP contribution is -2.34. The number of carbonyl (C=O) groups is 1. The summed E-state index contributed by atoms with van der Waals surface area (Å²) < 4.78 is 5.47. The zero-order chi connectivity index (χ0) is 18.5. The average Bonchev–Trinajstić information content (AvgIpc) is 2.78. The highest BCUT2D eigenvalue weighted by Gasteiger charge is 2.28. The number of amides is 1. The number of fused-ring (bicyclic) bond motifs is 1. The number of ether oxygens (including phenoxy) is 1. The smallest absolute Gasteiger partial charge is 0.256 e. The molecule has 0 bridgehead atoms. The zero-order valence-corrected chi connectivity index (χ0v) is 15.8. The van der Waals surface area contributed by atoms with Gasteiger partial charge in [-0.25, -0.2) is 0 Å². The fourth-order valence-corrected chi connectivity index (χ4v) is 3.51. The van der Waals surface area contributed by atoms with Crippen LogP contribution in [-0.4, -0.2) is 55.0 Å². The number of carbonyl (C=O) groups excluding carboxylic acids is 1. The van der Waals surface area contributed by atoms with Gasteiger partial charge in [-0.2, -0.15) is 0 Å². The number of hydrogen-bond acceptors (Lipinski definition) is 4. The van der Waals surface area contributed by atoms with E-state index in [0.29, 0.717) is 12.5 Å². The average molecular weight is 353 g/mol. The van der Waals surface area contributed by atoms with Crippen LogP contribution >= 0.6 is 0 Å². The first kappa shape index (κ1) is 18.4. The molecule has 0 aliphatic carbocycles. The lowest BCUT2D eigenvalue weighted by Gasteiger charge is -2.26. The maximum Gasteiger partial charge on any atom is 0.256 e. The van der Waals surface area contributed by atoms with Gasteiger partial charge in [0.25, 0.3) is 5.91 Å². The van der Waals surface area contributed by atoms with E-state index in [1.165, 1.54) is 0 Å². The van der Waals surface area contributed by atoms with E-state index < -0.39 is 0 Å². The molecule has 26 heavy (non-hydrogen) atoms. The van der Waals surface area contributed by atoms with Crippen LogP contribution in [-0.2, 0) is 13.0 Å². The fraction of sp³-hybridized carbons (Fsp3) is 0.429. The largest absolute Gasteiger partial charge is 0.496 e. The SMILES string of the molecule is COc1ccccc1CN1CC(CCN(C)C)Cc2ncccc2C1=O. The second-order valence-corrected chi connectivity index (χ2v) is 7.16. The van der Waals surface area contributed by atoms with Gasteiger partial charge in [-0.3, -0.25) is 9.78 Å². The number of nitrogens with zero attached hydrogens (tertiary/aromatic N) is 3. The molecule has 1 amide bonds. The van der Waals surface area contributed by atoms with Crippen LogP contribution in [0.4, 0.5) is 0 Å². The Labute approximate surface area is 155 Å². The molecular weight excluding hydrogens is 326 g/mol. The van der Waals surface area contributed by atoms with Crippen LogP contribution in [0, 0.1) is 5.92 Å². The van der Waals surface area contributed by atoms with Crippen LogP contribution in [0.25, 0.3) is 0 Å². The van der Waals surface area contributed by atoms with Crippen LogP contribution in [0.15, 0.2) is 42.6 Å². The van der Waals surface area contributed by atoms with Crippen molar-refractivity contribution in [1.29, 1.82) is 0 Å². The van der Waals surface area contributed by atoms with Crippen molar-refractivity contribution in [1.82, 2.24) is 14.8 Å². The monoisotopic (exact) mass is 353 g/mol. The van der Waals surface area contributed by atoms with Crippen molar-refractivity contribution in [2.45, 2.75) is 19.4 Å². The second-order valence-electron chi connectivity index (χ2n) is 7.16. The van der Waals surface area contributed by atoms with Gasteiger partial charge in [0.05, 0.1) is 18.4 Å². The van der Waals surface area contributed by atoms with Crippen molar-refractivity contribution in [3.8, 4) is 5.75 Å². The van der Waals surface area contributed by atoms with E-state index in [0.717, 1.165) is 48.5 Å². The lowest BCUT2D eigenvalue weighted by molar-refractivity contribution is 0.0720. The molecule has 1 atom stereocenters. The Morgan fingerprint density at radius 3 is 2.81 bits per heavy atom. The number of benzene rings is 1. The van der Waals surface area contributed by atoms with Crippen LogP contribution in [0.1, 0.15) is 28.0 Å². The highest BCUT2D eigenvalue weighted by atomic mass is 16.5. The number of aromatic nitrogens is 1. The molecule has 5 nitrogen and oxygen atoms in total. The first-order chi connectivity index (χ1) is 12.6. The topological polar surface area (TPSA) is 45.7 Å². The minimum atomic E-state index is 0.0614.